The highest BCUT2D eigenvalue weighted by Gasteiger charge is 2.56. The van der Waals surface area contributed by atoms with Crippen molar-refractivity contribution in [1.82, 2.24) is 0 Å². The minimum absolute atomic E-state index is 0.616. The predicted octanol–water partition coefficient (Wildman–Crippen LogP) is -4.43. The van der Waals surface area contributed by atoms with Gasteiger partial charge in [0.15, 0.2) is 35.4 Å². The Morgan fingerprint density at radius 2 is 1.50 bits per heavy atom. The topological polar surface area (TPSA) is 269 Å². The predicted molar refractivity (Wildman–Crippen MR) is 110 cm³/mol. The van der Waals surface area contributed by atoms with Crippen LogP contribution in [0.2, 0.25) is 0 Å². The normalized spacial score (nSPS) is 42.6. The molecule has 3 rings (SSSR count). The van der Waals surface area contributed by atoms with Crippen molar-refractivity contribution >= 4 is 0 Å². The molecule has 36 heavy (non-hydrogen) atoms. The summed E-state index contributed by atoms with van der Waals surface area (Å²) in [7, 11) is 1.14. The van der Waals surface area contributed by atoms with Gasteiger partial charge in [0, 0.05) is 13.0 Å². The maximum Gasteiger partial charge on any atom is 0.220 e. The van der Waals surface area contributed by atoms with Gasteiger partial charge in [0.25, 0.3) is 0 Å². The van der Waals surface area contributed by atoms with Crippen LogP contribution in [0.1, 0.15) is 0 Å². The first kappa shape index (κ1) is 28.8. The number of aliphatic hydroxyl groups is 11. The van der Waals surface area contributed by atoms with E-state index in [0.717, 1.165) is 7.11 Å². The lowest BCUT2D eigenvalue weighted by molar-refractivity contribution is -0.276. The van der Waals surface area contributed by atoms with E-state index in [1.165, 1.54) is 0 Å². The second-order valence-corrected chi connectivity index (χ2v) is 8.52. The van der Waals surface area contributed by atoms with Gasteiger partial charge in [-0.15, -0.1) is 0 Å². The zero-order valence-corrected chi connectivity index (χ0v) is 19.0. The largest absolute Gasteiger partial charge is 0.506 e. The van der Waals surface area contributed by atoms with Crippen LogP contribution in [0.15, 0.2) is 23.0 Å². The molecule has 3 aliphatic rings. The first-order valence-electron chi connectivity index (χ1n) is 11.0. The van der Waals surface area contributed by atoms with Crippen molar-refractivity contribution in [3.05, 3.63) is 23.0 Å². The number of aliphatic hydroxyl groups excluding tert-OH is 11. The Hall–Kier alpha value is -1.80. The molecule has 0 radical (unpaired) electrons. The van der Waals surface area contributed by atoms with Crippen LogP contribution in [0.5, 0.6) is 0 Å². The summed E-state index contributed by atoms with van der Waals surface area (Å²) < 4.78 is 26.4. The van der Waals surface area contributed by atoms with Crippen LogP contribution < -0.4 is 0 Å². The van der Waals surface area contributed by atoms with E-state index < -0.39 is 116 Å². The zero-order chi connectivity index (χ0) is 26.9. The fourth-order valence-electron chi connectivity index (χ4n) is 4.39. The molecule has 2 heterocycles. The third-order valence-electron chi connectivity index (χ3n) is 6.42. The summed E-state index contributed by atoms with van der Waals surface area (Å²) in [5.41, 5.74) is 0. The van der Waals surface area contributed by atoms with E-state index in [9.17, 15) is 56.2 Å². The number of methoxy groups -OCH3 is 1. The number of hydrogen-bond donors (Lipinski definition) is 11. The van der Waals surface area contributed by atoms with E-state index >= 15 is 0 Å². The average molecular weight is 528 g/mol. The molecule has 2 aliphatic heterocycles. The van der Waals surface area contributed by atoms with E-state index in [1.807, 2.05) is 0 Å². The lowest BCUT2D eigenvalue weighted by atomic mass is 9.99. The second kappa shape index (κ2) is 11.7. The molecule has 0 amide bonds. The molecule has 0 saturated heterocycles. The fourth-order valence-corrected chi connectivity index (χ4v) is 4.39. The minimum Gasteiger partial charge on any atom is -0.506 e. The van der Waals surface area contributed by atoms with Crippen molar-refractivity contribution in [2.24, 2.45) is 11.8 Å². The molecule has 0 aromatic rings. The van der Waals surface area contributed by atoms with Crippen molar-refractivity contribution in [3.8, 4) is 0 Å². The lowest BCUT2D eigenvalue weighted by Crippen LogP contribution is -2.50. The van der Waals surface area contributed by atoms with Crippen LogP contribution in [0, 0.1) is 11.8 Å². The minimum atomic E-state index is -2.13. The van der Waals surface area contributed by atoms with Crippen molar-refractivity contribution in [1.29, 1.82) is 0 Å². The molecular weight excluding hydrogens is 496 g/mol. The SMILES string of the molecule is CO[C@H]1OC(CO)[C@@H](O)C(O)=C1O[C@@H](O)C1C(O[C@@H]2OC(CO)C(O)=C(O)C2O)C(CO)[C@@H](O)C1O. The third kappa shape index (κ3) is 5.13. The standard InChI is InChI=1S/C20H32O16/c1-32-20-17(14(29)11(26)7(4-23)34-20)35-18(31)8-12(27)9(24)5(2-21)16(8)36-19-15(30)13(28)10(25)6(3-22)33-19/h5-9,11-12,15-16,18-31H,2-4H2,1H3/t5?,6?,7?,8?,9-,11-,12?,15?,16?,18-,19+,20+/m1/s1. The highest BCUT2D eigenvalue weighted by atomic mass is 16.7. The first-order chi connectivity index (χ1) is 17.0. The quantitative estimate of drug-likeness (QED) is 0.126. The molecular formula is C20H32O16. The Morgan fingerprint density at radius 3 is 2.06 bits per heavy atom. The molecule has 7 unspecified atom stereocenters. The van der Waals surface area contributed by atoms with Gasteiger partial charge < -0.3 is 79.9 Å². The smallest absolute Gasteiger partial charge is 0.220 e. The summed E-state index contributed by atoms with van der Waals surface area (Å²) >= 11 is 0. The number of rotatable bonds is 9. The molecule has 0 aromatic carbocycles. The van der Waals surface area contributed by atoms with Crippen LogP contribution >= 0.6 is 0 Å². The molecule has 16 nitrogen and oxygen atoms in total. The van der Waals surface area contributed by atoms with Crippen LogP contribution in [0.4, 0.5) is 0 Å². The Balaban J connectivity index is 1.88. The number of hydrogen-bond acceptors (Lipinski definition) is 16. The van der Waals surface area contributed by atoms with Crippen molar-refractivity contribution in [2.75, 3.05) is 26.9 Å². The Labute approximate surface area is 204 Å². The lowest BCUT2D eigenvalue weighted by Gasteiger charge is -2.38. The molecule has 0 bridgehead atoms. The number of ether oxygens (including phenoxy) is 5. The van der Waals surface area contributed by atoms with Crippen molar-refractivity contribution in [3.63, 3.8) is 0 Å². The molecule has 12 atom stereocenters. The summed E-state index contributed by atoms with van der Waals surface area (Å²) in [6, 6.07) is 0. The van der Waals surface area contributed by atoms with E-state index in [1.54, 1.807) is 0 Å². The summed E-state index contributed by atoms with van der Waals surface area (Å²) in [6.45, 7) is -2.31. The van der Waals surface area contributed by atoms with Gasteiger partial charge in [0.2, 0.25) is 12.6 Å². The highest BCUT2D eigenvalue weighted by Crippen LogP contribution is 2.40. The van der Waals surface area contributed by atoms with E-state index in [-0.39, 0.29) is 0 Å². The maximum atomic E-state index is 10.8. The summed E-state index contributed by atoms with van der Waals surface area (Å²) in [5.74, 6) is -6.18. The van der Waals surface area contributed by atoms with Crippen molar-refractivity contribution in [2.45, 2.75) is 61.6 Å². The highest BCUT2D eigenvalue weighted by molar-refractivity contribution is 5.15. The molecule has 0 aromatic heterocycles. The van der Waals surface area contributed by atoms with Crippen LogP contribution in [-0.4, -0.2) is 145 Å². The van der Waals surface area contributed by atoms with E-state index in [0.29, 0.717) is 0 Å². The molecule has 1 fully saturated rings. The van der Waals surface area contributed by atoms with Gasteiger partial charge in [-0.25, -0.2) is 0 Å². The Morgan fingerprint density at radius 1 is 0.833 bits per heavy atom. The van der Waals surface area contributed by atoms with Gasteiger partial charge in [-0.3, -0.25) is 0 Å². The Bertz CT molecular complexity index is 818. The van der Waals surface area contributed by atoms with Crippen LogP contribution in [-0.2, 0) is 23.7 Å². The monoisotopic (exact) mass is 528 g/mol. The van der Waals surface area contributed by atoms with Gasteiger partial charge in [-0.1, -0.05) is 0 Å². The first-order valence-corrected chi connectivity index (χ1v) is 11.0. The summed E-state index contributed by atoms with van der Waals surface area (Å²) in [5, 5.41) is 111. The zero-order valence-electron chi connectivity index (χ0n) is 19.0. The maximum absolute atomic E-state index is 10.8. The Kier molecular flexibility index (Phi) is 9.36. The second-order valence-electron chi connectivity index (χ2n) is 8.52. The fraction of sp³-hybridized carbons (Fsp3) is 0.800. The van der Waals surface area contributed by atoms with E-state index in [2.05, 4.69) is 0 Å². The van der Waals surface area contributed by atoms with E-state index in [4.69, 9.17) is 23.7 Å². The van der Waals surface area contributed by atoms with Gasteiger partial charge >= 0.3 is 0 Å². The van der Waals surface area contributed by atoms with Crippen LogP contribution in [0.3, 0.4) is 0 Å². The molecule has 208 valence electrons. The molecule has 1 saturated carbocycles. The summed E-state index contributed by atoms with van der Waals surface area (Å²) in [4.78, 5) is 0. The third-order valence-corrected chi connectivity index (χ3v) is 6.42. The van der Waals surface area contributed by atoms with Gasteiger partial charge in [0.05, 0.1) is 44.1 Å². The molecule has 11 N–H and O–H groups in total. The van der Waals surface area contributed by atoms with Gasteiger partial charge in [-0.05, 0) is 0 Å². The molecule has 16 heteroatoms. The van der Waals surface area contributed by atoms with Crippen molar-refractivity contribution < 1.29 is 79.9 Å². The average Bonchev–Trinajstić information content (AvgIpc) is 3.10. The summed E-state index contributed by atoms with van der Waals surface area (Å²) in [6.07, 6.45) is -17.0. The van der Waals surface area contributed by atoms with Gasteiger partial charge in [-0.2, -0.15) is 0 Å². The van der Waals surface area contributed by atoms with Gasteiger partial charge in [0.1, 0.15) is 18.3 Å². The molecule has 0 spiro atoms. The molecule has 1 aliphatic carbocycles. The van der Waals surface area contributed by atoms with Crippen LogP contribution in [0.25, 0.3) is 0 Å².